The molecule has 0 aliphatic heterocycles. The highest BCUT2D eigenvalue weighted by atomic mass is 79.9. The Hall–Kier alpha value is -4.06. The molecule has 0 aromatic heterocycles. The number of nitrogens with zero attached hydrogens (tertiary/aromatic N) is 2. The van der Waals surface area contributed by atoms with E-state index in [4.69, 9.17) is 9.47 Å². The van der Waals surface area contributed by atoms with E-state index in [0.29, 0.717) is 29.2 Å². The summed E-state index contributed by atoms with van der Waals surface area (Å²) < 4.78 is 12.6. The summed E-state index contributed by atoms with van der Waals surface area (Å²) in [4.78, 5) is 0. The minimum atomic E-state index is 0.242. The maximum Gasteiger partial charge on any atom is 0.162 e. The second-order valence-electron chi connectivity index (χ2n) is 7.54. The molecule has 0 N–H and O–H groups in total. The Bertz CT molecular complexity index is 1460. The van der Waals surface area contributed by atoms with Crippen LogP contribution in [0.2, 0.25) is 0 Å². The van der Waals surface area contributed by atoms with Crippen LogP contribution in [-0.2, 0) is 6.61 Å². The van der Waals surface area contributed by atoms with E-state index in [2.05, 4.69) is 28.1 Å². The number of ether oxygens (including phenoxy) is 2. The molecule has 0 spiro atoms. The highest BCUT2D eigenvalue weighted by Gasteiger charge is 2.13. The van der Waals surface area contributed by atoms with Crippen LogP contribution < -0.4 is 9.47 Å². The molecular weight excluding hydrogens is 488 g/mol. The van der Waals surface area contributed by atoms with Gasteiger partial charge in [0.1, 0.15) is 6.61 Å². The lowest BCUT2D eigenvalue weighted by Gasteiger charge is -2.15. The van der Waals surface area contributed by atoms with E-state index < -0.39 is 0 Å². The summed E-state index contributed by atoms with van der Waals surface area (Å²) in [7, 11) is 0. The molecule has 0 aliphatic rings. The average molecular weight is 509 g/mol. The third-order valence-corrected chi connectivity index (χ3v) is 6.05. The fourth-order valence-electron chi connectivity index (χ4n) is 3.65. The van der Waals surface area contributed by atoms with Gasteiger partial charge in [0.15, 0.2) is 11.5 Å². The zero-order valence-electron chi connectivity index (χ0n) is 18.6. The van der Waals surface area contributed by atoms with E-state index in [0.717, 1.165) is 31.9 Å². The van der Waals surface area contributed by atoms with Crippen LogP contribution in [0.15, 0.2) is 83.3 Å². The van der Waals surface area contributed by atoms with Crippen molar-refractivity contribution < 1.29 is 9.47 Å². The Morgan fingerprint density at radius 3 is 2.38 bits per heavy atom. The first-order valence-corrected chi connectivity index (χ1v) is 11.6. The summed E-state index contributed by atoms with van der Waals surface area (Å²) in [5, 5.41) is 21.4. The van der Waals surface area contributed by atoms with Crippen LogP contribution in [0, 0.1) is 22.7 Å². The van der Waals surface area contributed by atoms with Crippen LogP contribution in [0.4, 0.5) is 0 Å². The molecule has 0 atom stereocenters. The van der Waals surface area contributed by atoms with E-state index in [9.17, 15) is 10.5 Å². The Labute approximate surface area is 207 Å². The van der Waals surface area contributed by atoms with Gasteiger partial charge in [0.25, 0.3) is 0 Å². The molecule has 0 radical (unpaired) electrons. The quantitative estimate of drug-likeness (QED) is 0.191. The maximum atomic E-state index is 9.87. The lowest BCUT2D eigenvalue weighted by molar-refractivity contribution is 0.269. The van der Waals surface area contributed by atoms with E-state index in [1.807, 2.05) is 85.8 Å². The summed E-state index contributed by atoms with van der Waals surface area (Å²) in [6, 6.07) is 29.6. The van der Waals surface area contributed by atoms with Gasteiger partial charge in [0.2, 0.25) is 0 Å². The highest BCUT2D eigenvalue weighted by Crippen LogP contribution is 2.36. The molecule has 0 bridgehead atoms. The Morgan fingerprint density at radius 1 is 0.882 bits per heavy atom. The molecule has 4 aromatic carbocycles. The average Bonchev–Trinajstić information content (AvgIpc) is 2.87. The molecule has 0 fully saturated rings. The largest absolute Gasteiger partial charge is 0.490 e. The van der Waals surface area contributed by atoms with E-state index in [1.165, 1.54) is 0 Å². The first-order chi connectivity index (χ1) is 16.6. The van der Waals surface area contributed by atoms with E-state index in [1.54, 1.807) is 6.07 Å². The smallest absolute Gasteiger partial charge is 0.162 e. The normalized spacial score (nSPS) is 11.0. The van der Waals surface area contributed by atoms with Gasteiger partial charge in [-0.25, -0.2) is 0 Å². The number of nitriles is 2. The summed E-state index contributed by atoms with van der Waals surface area (Å²) in [5.74, 6) is 1.13. The highest BCUT2D eigenvalue weighted by molar-refractivity contribution is 9.10. The van der Waals surface area contributed by atoms with Crippen molar-refractivity contribution in [2.75, 3.05) is 6.61 Å². The summed E-state index contributed by atoms with van der Waals surface area (Å²) in [6.45, 7) is 2.61. The zero-order valence-corrected chi connectivity index (χ0v) is 20.2. The Kier molecular flexibility index (Phi) is 7.28. The van der Waals surface area contributed by atoms with Gasteiger partial charge in [-0.15, -0.1) is 0 Å². The molecule has 0 aliphatic carbocycles. The minimum Gasteiger partial charge on any atom is -0.490 e. The van der Waals surface area contributed by atoms with Crippen LogP contribution in [0.25, 0.3) is 22.4 Å². The van der Waals surface area contributed by atoms with Crippen LogP contribution >= 0.6 is 15.9 Å². The molecule has 4 nitrogen and oxygen atoms in total. The topological polar surface area (TPSA) is 66.0 Å². The molecule has 0 heterocycles. The number of hydrogen-bond donors (Lipinski definition) is 0. The summed E-state index contributed by atoms with van der Waals surface area (Å²) in [5.41, 5.74) is 3.58. The Morgan fingerprint density at radius 2 is 1.62 bits per heavy atom. The summed E-state index contributed by atoms with van der Waals surface area (Å²) in [6.07, 6.45) is 1.84. The first kappa shape index (κ1) is 23.1. The minimum absolute atomic E-state index is 0.242. The van der Waals surface area contributed by atoms with Crippen molar-refractivity contribution in [3.63, 3.8) is 0 Å². The SMILES string of the molecule is CCOc1cc(/C=C(/C#N)c2ccc3ccccc3c2)c(Br)cc1OCc1ccccc1C#N. The molecule has 0 saturated carbocycles. The third kappa shape index (κ3) is 5.12. The van der Waals surface area contributed by atoms with Crippen molar-refractivity contribution in [1.29, 1.82) is 10.5 Å². The standard InChI is InChI=1S/C29H21BrN2O2/c1-2-33-28-15-25(14-26(18-32)22-12-11-20-7-3-4-8-21(20)13-22)27(30)16-29(28)34-19-24-10-6-5-9-23(24)17-31/h3-16H,2,19H2,1H3/b26-14-. The molecule has 0 saturated heterocycles. The van der Waals surface area contributed by atoms with Crippen molar-refractivity contribution in [1.82, 2.24) is 0 Å². The fraction of sp³-hybridized carbons (Fsp3) is 0.103. The molecule has 166 valence electrons. The van der Waals surface area contributed by atoms with Crippen molar-refractivity contribution in [2.24, 2.45) is 0 Å². The number of hydrogen-bond acceptors (Lipinski definition) is 4. The molecule has 4 aromatic rings. The van der Waals surface area contributed by atoms with Gasteiger partial charge in [0, 0.05) is 10.0 Å². The lowest BCUT2D eigenvalue weighted by Crippen LogP contribution is -2.02. The van der Waals surface area contributed by atoms with Crippen molar-refractivity contribution in [3.05, 3.63) is 106 Å². The van der Waals surface area contributed by atoms with Crippen LogP contribution in [0.5, 0.6) is 11.5 Å². The van der Waals surface area contributed by atoms with Gasteiger partial charge in [-0.2, -0.15) is 10.5 Å². The van der Waals surface area contributed by atoms with Gasteiger partial charge < -0.3 is 9.47 Å². The first-order valence-electron chi connectivity index (χ1n) is 10.8. The zero-order chi connectivity index (χ0) is 23.9. The number of benzene rings is 4. The van der Waals surface area contributed by atoms with E-state index >= 15 is 0 Å². The molecule has 0 amide bonds. The van der Waals surface area contributed by atoms with Gasteiger partial charge >= 0.3 is 0 Å². The number of halogens is 1. The van der Waals surface area contributed by atoms with Crippen molar-refractivity contribution in [2.45, 2.75) is 13.5 Å². The molecule has 4 rings (SSSR count). The third-order valence-electron chi connectivity index (χ3n) is 5.36. The molecule has 0 unspecified atom stereocenters. The van der Waals surface area contributed by atoms with E-state index in [-0.39, 0.29) is 6.61 Å². The molecular formula is C29H21BrN2O2. The van der Waals surface area contributed by atoms with Gasteiger partial charge in [-0.1, -0.05) is 70.5 Å². The second-order valence-corrected chi connectivity index (χ2v) is 8.40. The van der Waals surface area contributed by atoms with Gasteiger partial charge in [-0.3, -0.25) is 0 Å². The predicted octanol–water partition coefficient (Wildman–Crippen LogP) is 7.52. The van der Waals surface area contributed by atoms with Gasteiger partial charge in [0.05, 0.1) is 29.9 Å². The number of allylic oxidation sites excluding steroid dienone is 1. The van der Waals surface area contributed by atoms with Crippen LogP contribution in [-0.4, -0.2) is 6.61 Å². The van der Waals surface area contributed by atoms with Gasteiger partial charge in [-0.05, 0) is 59.2 Å². The lowest BCUT2D eigenvalue weighted by atomic mass is 10.00. The maximum absolute atomic E-state index is 9.87. The van der Waals surface area contributed by atoms with Crippen molar-refractivity contribution in [3.8, 4) is 23.6 Å². The fourth-order valence-corrected chi connectivity index (χ4v) is 4.08. The molecule has 5 heteroatoms. The van der Waals surface area contributed by atoms with Crippen LogP contribution in [0.1, 0.15) is 29.2 Å². The molecule has 34 heavy (non-hydrogen) atoms. The second kappa shape index (κ2) is 10.7. The number of rotatable bonds is 7. The van der Waals surface area contributed by atoms with Crippen LogP contribution in [0.3, 0.4) is 0 Å². The Balaban J connectivity index is 1.67. The van der Waals surface area contributed by atoms with Crippen molar-refractivity contribution >= 4 is 38.4 Å². The predicted molar refractivity (Wildman–Crippen MR) is 138 cm³/mol. The number of fused-ring (bicyclic) bond motifs is 1. The monoisotopic (exact) mass is 508 g/mol. The summed E-state index contributed by atoms with van der Waals surface area (Å²) >= 11 is 3.61.